The summed E-state index contributed by atoms with van der Waals surface area (Å²) in [6, 6.07) is 9.40. The van der Waals surface area contributed by atoms with Crippen LogP contribution >= 0.6 is 0 Å². The first-order chi connectivity index (χ1) is 9.29. The molecule has 1 N–H and O–H groups in total. The lowest BCUT2D eigenvalue weighted by Gasteiger charge is -2.48. The highest BCUT2D eigenvalue weighted by Gasteiger charge is 2.45. The van der Waals surface area contributed by atoms with Gasteiger partial charge >= 0.3 is 0 Å². The van der Waals surface area contributed by atoms with E-state index < -0.39 is 0 Å². The first-order valence-corrected chi connectivity index (χ1v) is 7.65. The Morgan fingerprint density at radius 1 is 1.37 bits per heavy atom. The summed E-state index contributed by atoms with van der Waals surface area (Å²) in [6.07, 6.45) is 6.22. The van der Waals surface area contributed by atoms with Crippen molar-refractivity contribution in [1.29, 1.82) is 0 Å². The van der Waals surface area contributed by atoms with Crippen molar-refractivity contribution < 1.29 is 4.74 Å². The molecule has 0 radical (unpaired) electrons. The lowest BCUT2D eigenvalue weighted by Crippen LogP contribution is -2.57. The third-order valence-electron chi connectivity index (χ3n) is 5.17. The molecule has 2 atom stereocenters. The molecule has 0 saturated heterocycles. The van der Waals surface area contributed by atoms with Crippen molar-refractivity contribution in [2.24, 2.45) is 0 Å². The summed E-state index contributed by atoms with van der Waals surface area (Å²) in [6.45, 7) is 3.23. The van der Waals surface area contributed by atoms with Crippen molar-refractivity contribution >= 4 is 0 Å². The topological polar surface area (TPSA) is 21.3 Å². The maximum absolute atomic E-state index is 5.88. The molecule has 2 aliphatic rings. The Kier molecular flexibility index (Phi) is 3.64. The van der Waals surface area contributed by atoms with Crippen LogP contribution in [0.1, 0.15) is 49.7 Å². The normalized spacial score (nSPS) is 25.1. The maximum atomic E-state index is 5.88. The van der Waals surface area contributed by atoms with Gasteiger partial charge in [0.15, 0.2) is 0 Å². The van der Waals surface area contributed by atoms with Crippen molar-refractivity contribution in [3.05, 3.63) is 35.4 Å². The number of benzene rings is 1. The quantitative estimate of drug-likeness (QED) is 0.846. The molecular weight excluding hydrogens is 234 g/mol. The van der Waals surface area contributed by atoms with Crippen molar-refractivity contribution in [3.8, 4) is 0 Å². The molecule has 2 unspecified atom stereocenters. The number of methoxy groups -OCH3 is 1. The molecule has 0 amide bonds. The number of hydrogen-bond acceptors (Lipinski definition) is 2. The van der Waals surface area contributed by atoms with Crippen molar-refractivity contribution in [1.82, 2.24) is 5.32 Å². The van der Waals surface area contributed by atoms with E-state index in [0.29, 0.717) is 6.04 Å². The monoisotopic (exact) mass is 259 g/mol. The molecule has 2 heteroatoms. The van der Waals surface area contributed by atoms with E-state index >= 15 is 0 Å². The number of fused-ring (bicyclic) bond motifs is 1. The summed E-state index contributed by atoms with van der Waals surface area (Å²) in [5, 5.41) is 3.68. The van der Waals surface area contributed by atoms with Crippen LogP contribution in [0.4, 0.5) is 0 Å². The predicted molar refractivity (Wildman–Crippen MR) is 78.6 cm³/mol. The molecule has 2 nitrogen and oxygen atoms in total. The van der Waals surface area contributed by atoms with Gasteiger partial charge < -0.3 is 10.1 Å². The van der Waals surface area contributed by atoms with Gasteiger partial charge in [-0.2, -0.15) is 0 Å². The van der Waals surface area contributed by atoms with Gasteiger partial charge in [0.1, 0.15) is 0 Å². The summed E-state index contributed by atoms with van der Waals surface area (Å²) in [5.41, 5.74) is 3.22. The molecule has 3 rings (SSSR count). The maximum Gasteiger partial charge on any atom is 0.0831 e. The largest absolute Gasteiger partial charge is 0.377 e. The molecule has 0 aliphatic heterocycles. The van der Waals surface area contributed by atoms with Crippen LogP contribution in [0.5, 0.6) is 0 Å². The van der Waals surface area contributed by atoms with Gasteiger partial charge in [-0.05, 0) is 55.7 Å². The predicted octanol–water partition coefficient (Wildman–Crippen LogP) is 3.26. The van der Waals surface area contributed by atoms with Crippen LogP contribution in [-0.2, 0) is 11.2 Å². The van der Waals surface area contributed by atoms with Crippen LogP contribution < -0.4 is 5.32 Å². The van der Waals surface area contributed by atoms with Crippen LogP contribution in [0, 0.1) is 0 Å². The highest BCUT2D eigenvalue weighted by molar-refractivity contribution is 5.40. The van der Waals surface area contributed by atoms with Gasteiger partial charge in [-0.1, -0.05) is 31.2 Å². The summed E-state index contributed by atoms with van der Waals surface area (Å²) in [7, 11) is 1.89. The third-order valence-corrected chi connectivity index (χ3v) is 5.17. The standard InChI is InChI=1S/C17H25NO/c1-3-18-16(17(19-2)9-6-10-17)12-14-11-13-7-4-5-8-15(13)14/h4-5,7-8,14,16,18H,3,6,9-12H2,1-2H3. The Morgan fingerprint density at radius 2 is 2.16 bits per heavy atom. The third kappa shape index (κ3) is 2.21. The van der Waals surface area contributed by atoms with Crippen molar-refractivity contribution in [2.75, 3.05) is 13.7 Å². The van der Waals surface area contributed by atoms with Crippen molar-refractivity contribution in [3.63, 3.8) is 0 Å². The molecular formula is C17H25NO. The minimum absolute atomic E-state index is 0.112. The second-order valence-corrected chi connectivity index (χ2v) is 6.07. The zero-order valence-electron chi connectivity index (χ0n) is 12.1. The molecule has 19 heavy (non-hydrogen) atoms. The first kappa shape index (κ1) is 13.1. The van der Waals surface area contributed by atoms with Crippen molar-refractivity contribution in [2.45, 2.75) is 56.6 Å². The van der Waals surface area contributed by atoms with Crippen LogP contribution in [0.15, 0.2) is 24.3 Å². The zero-order chi connectivity index (χ0) is 13.3. The molecule has 1 aromatic rings. The van der Waals surface area contributed by atoms with Gasteiger partial charge in [0.25, 0.3) is 0 Å². The zero-order valence-corrected chi connectivity index (χ0v) is 12.1. The summed E-state index contributed by atoms with van der Waals surface area (Å²) in [5.74, 6) is 0.730. The summed E-state index contributed by atoms with van der Waals surface area (Å²) in [4.78, 5) is 0. The second-order valence-electron chi connectivity index (χ2n) is 6.07. The first-order valence-electron chi connectivity index (χ1n) is 7.65. The highest BCUT2D eigenvalue weighted by atomic mass is 16.5. The molecule has 0 aromatic heterocycles. The summed E-state index contributed by atoms with van der Waals surface area (Å²) < 4.78 is 5.88. The Bertz CT molecular complexity index is 433. The van der Waals surface area contributed by atoms with E-state index in [1.54, 1.807) is 11.1 Å². The van der Waals surface area contributed by atoms with E-state index in [4.69, 9.17) is 4.74 Å². The molecule has 2 aliphatic carbocycles. The lowest BCUT2D eigenvalue weighted by molar-refractivity contribution is -0.101. The Labute approximate surface area is 116 Å². The number of ether oxygens (including phenoxy) is 1. The van der Waals surface area contributed by atoms with E-state index in [-0.39, 0.29) is 5.60 Å². The lowest BCUT2D eigenvalue weighted by atomic mass is 9.67. The number of nitrogens with one attached hydrogen (secondary N) is 1. The van der Waals surface area contributed by atoms with Crippen LogP contribution in [-0.4, -0.2) is 25.3 Å². The fraction of sp³-hybridized carbons (Fsp3) is 0.647. The van der Waals surface area contributed by atoms with Gasteiger partial charge in [0.05, 0.1) is 5.60 Å². The van der Waals surface area contributed by atoms with Gasteiger partial charge in [-0.3, -0.25) is 0 Å². The molecule has 1 saturated carbocycles. The second kappa shape index (κ2) is 5.26. The van der Waals surface area contributed by atoms with Crippen LogP contribution in [0.3, 0.4) is 0 Å². The minimum Gasteiger partial charge on any atom is -0.377 e. The average Bonchev–Trinajstić information content (AvgIpc) is 2.35. The van der Waals surface area contributed by atoms with Gasteiger partial charge in [0, 0.05) is 13.2 Å². The van der Waals surface area contributed by atoms with E-state index in [1.807, 2.05) is 7.11 Å². The number of likely N-dealkylation sites (N-methyl/N-ethyl adjacent to an activating group) is 1. The molecule has 1 aromatic carbocycles. The fourth-order valence-electron chi connectivity index (χ4n) is 3.81. The van der Waals surface area contributed by atoms with E-state index in [1.165, 1.54) is 32.1 Å². The minimum atomic E-state index is 0.112. The molecule has 0 heterocycles. The van der Waals surface area contributed by atoms with Crippen LogP contribution in [0.25, 0.3) is 0 Å². The molecule has 0 spiro atoms. The Hall–Kier alpha value is -0.860. The van der Waals surface area contributed by atoms with E-state index in [0.717, 1.165) is 12.5 Å². The average molecular weight is 259 g/mol. The Balaban J connectivity index is 1.70. The van der Waals surface area contributed by atoms with Crippen LogP contribution in [0.2, 0.25) is 0 Å². The smallest absolute Gasteiger partial charge is 0.0831 e. The van der Waals surface area contributed by atoms with Gasteiger partial charge in [-0.15, -0.1) is 0 Å². The van der Waals surface area contributed by atoms with E-state index in [9.17, 15) is 0 Å². The van der Waals surface area contributed by atoms with E-state index in [2.05, 4.69) is 36.5 Å². The van der Waals surface area contributed by atoms with Gasteiger partial charge in [-0.25, -0.2) is 0 Å². The highest BCUT2D eigenvalue weighted by Crippen LogP contribution is 2.44. The van der Waals surface area contributed by atoms with Gasteiger partial charge in [0.2, 0.25) is 0 Å². The SMILES string of the molecule is CCNC(CC1Cc2ccccc21)C1(OC)CCC1. The molecule has 0 bridgehead atoms. The number of hydrogen-bond donors (Lipinski definition) is 1. The summed E-state index contributed by atoms with van der Waals surface area (Å²) >= 11 is 0. The molecule has 1 fully saturated rings. The Morgan fingerprint density at radius 3 is 2.74 bits per heavy atom. The molecule has 104 valence electrons. The fourth-order valence-corrected chi connectivity index (χ4v) is 3.81. The number of rotatable bonds is 6.